The van der Waals surface area contributed by atoms with E-state index in [0.717, 1.165) is 66.8 Å². The molecule has 24 heteroatoms. The van der Waals surface area contributed by atoms with E-state index in [4.69, 9.17) is 32.7 Å². The first-order valence-corrected chi connectivity index (χ1v) is 32.4. The van der Waals surface area contributed by atoms with Gasteiger partial charge in [0.25, 0.3) is 0 Å². The summed E-state index contributed by atoms with van der Waals surface area (Å²) in [6.07, 6.45) is 0. The van der Waals surface area contributed by atoms with Gasteiger partial charge in [0.2, 0.25) is 0 Å². The van der Waals surface area contributed by atoms with Crippen LogP contribution in [-0.2, 0) is 32.7 Å². The van der Waals surface area contributed by atoms with Crippen LogP contribution in [0.3, 0.4) is 0 Å². The molecule has 0 bridgehead atoms. The first-order valence-electron chi connectivity index (χ1n) is 30.8. The molecular weight excluding hydrogens is 1290 g/mol. The van der Waals surface area contributed by atoms with Crippen molar-refractivity contribution in [1.82, 2.24) is 9.80 Å². The third-order valence-corrected chi connectivity index (χ3v) is 19.3. The molecule has 0 amide bonds. The fourth-order valence-electron chi connectivity index (χ4n) is 10.3. The van der Waals surface area contributed by atoms with E-state index in [1.165, 1.54) is 24.3 Å². The van der Waals surface area contributed by atoms with Crippen LogP contribution in [-0.4, -0.2) is 186 Å². The SMILES string of the molecule is CC1(C)OB(c2ccc(N3CCOCC3)c(F)c2)OC1(C)C.CN(C)c1ccc(B2OC(C)(C)C(C)(C)O2)cc1F.CN(C)c1ccc(Br)cc1F.CN1CCN(c2ccc(B3OC(C)(C)C(C)(C)O3)cc2F)CC1.CN1CCN(c2ccc(Br)cc2F)CC1. The standard InChI is InChI=1S/C17H26BFN2O2.C16H23BFNO3.C14H21BFNO2.C11H14BrFN2.C8H9BrFN/c1-16(2)17(3,4)23-18(22-16)13-6-7-15(14(19)12-13)21-10-8-20(5)9-11-21;1-15(2)16(3,4)22-17(21-15)12-5-6-14(13(18)11-12)19-7-9-20-10-8-19;1-13(2)14(3,4)19-15(18-13)10-7-8-12(17(5)6)11(16)9-10;1-14-4-6-15(7-5-14)11-3-2-9(12)8-10(11)13;1-11(2)8-4-3-6(9)5-7(8)10/h6-7,12H,8-11H2,1-5H3;5-6,11H,7-10H2,1-4H3;7-9H,1-6H3;2-3,8H,4-7H2,1H3;3-5H,1-2H3. The number of hydrogen-bond acceptors (Lipinski definition) is 14. The van der Waals surface area contributed by atoms with E-state index in [9.17, 15) is 22.0 Å². The molecule has 0 aliphatic carbocycles. The zero-order valence-corrected chi connectivity index (χ0v) is 59.2. The minimum Gasteiger partial charge on any atom is -0.399 e. The topological polar surface area (TPSA) is 87.3 Å². The molecule has 6 heterocycles. The summed E-state index contributed by atoms with van der Waals surface area (Å²) in [5.41, 5.74) is 2.83. The van der Waals surface area contributed by atoms with Gasteiger partial charge in [-0.25, -0.2) is 22.0 Å². The van der Waals surface area contributed by atoms with Crippen molar-refractivity contribution in [2.75, 3.05) is 145 Å². The molecule has 0 spiro atoms. The van der Waals surface area contributed by atoms with E-state index in [-0.39, 0.29) is 29.1 Å². The van der Waals surface area contributed by atoms with Crippen molar-refractivity contribution in [2.45, 2.75) is 117 Å². The number of piperazine rings is 2. The van der Waals surface area contributed by atoms with Crippen LogP contribution in [0.5, 0.6) is 0 Å². The molecule has 0 aromatic heterocycles. The Kier molecular flexibility index (Phi) is 24.2. The number of likely N-dealkylation sites (N-methyl/N-ethyl adjacent to an activating group) is 2. The molecular formula is C66H93B3Br2F5N7O7. The van der Waals surface area contributed by atoms with Crippen molar-refractivity contribution in [1.29, 1.82) is 0 Å². The molecule has 0 N–H and O–H groups in total. The smallest absolute Gasteiger partial charge is 0.399 e. The molecule has 0 saturated carbocycles. The fraction of sp³-hybridized carbons (Fsp3) is 0.545. The van der Waals surface area contributed by atoms with Crippen molar-refractivity contribution in [3.05, 3.63) is 129 Å². The number of benzene rings is 5. The maximum atomic E-state index is 14.6. The predicted octanol–water partition coefficient (Wildman–Crippen LogP) is 11.0. The first-order chi connectivity index (χ1) is 41.9. The van der Waals surface area contributed by atoms with Gasteiger partial charge in [0.1, 0.15) is 29.1 Å². The summed E-state index contributed by atoms with van der Waals surface area (Å²) in [6.45, 7) is 34.0. The minimum atomic E-state index is -0.529. The summed E-state index contributed by atoms with van der Waals surface area (Å²) >= 11 is 6.45. The molecule has 0 atom stereocenters. The van der Waals surface area contributed by atoms with Crippen molar-refractivity contribution in [2.24, 2.45) is 0 Å². The van der Waals surface area contributed by atoms with Crippen molar-refractivity contribution < 1.29 is 54.6 Å². The van der Waals surface area contributed by atoms with Gasteiger partial charge < -0.3 is 67.0 Å². The molecule has 90 heavy (non-hydrogen) atoms. The van der Waals surface area contributed by atoms with Crippen molar-refractivity contribution in [3.8, 4) is 0 Å². The van der Waals surface area contributed by atoms with Gasteiger partial charge in [0.05, 0.1) is 75.3 Å². The van der Waals surface area contributed by atoms with E-state index >= 15 is 0 Å². The lowest BCUT2D eigenvalue weighted by Gasteiger charge is -2.34. The van der Waals surface area contributed by atoms with Crippen LogP contribution in [0.1, 0.15) is 83.1 Å². The Morgan fingerprint density at radius 2 is 0.611 bits per heavy atom. The molecule has 6 aliphatic rings. The van der Waals surface area contributed by atoms with Gasteiger partial charge >= 0.3 is 21.4 Å². The molecule has 5 aromatic carbocycles. The van der Waals surface area contributed by atoms with Crippen LogP contribution in [0.25, 0.3) is 0 Å². The molecule has 6 fully saturated rings. The monoisotopic (exact) mass is 1380 g/mol. The lowest BCUT2D eigenvalue weighted by atomic mass is 9.79. The van der Waals surface area contributed by atoms with Gasteiger partial charge in [-0.3, -0.25) is 0 Å². The second-order valence-corrected chi connectivity index (χ2v) is 28.9. The van der Waals surface area contributed by atoms with E-state index in [1.54, 1.807) is 34.1 Å². The molecule has 0 radical (unpaired) electrons. The molecule has 6 aliphatic heterocycles. The molecule has 11 rings (SSSR count). The number of halogens is 7. The second kappa shape index (κ2) is 29.9. The Hall–Kier alpha value is -4.46. The Morgan fingerprint density at radius 3 is 0.911 bits per heavy atom. The number of morpholine rings is 1. The highest BCUT2D eigenvalue weighted by molar-refractivity contribution is 9.10. The van der Waals surface area contributed by atoms with Crippen LogP contribution < -0.4 is 40.9 Å². The van der Waals surface area contributed by atoms with Gasteiger partial charge in [-0.2, -0.15) is 0 Å². The fourth-order valence-corrected chi connectivity index (χ4v) is 11.0. The molecule has 0 unspecified atom stereocenters. The molecule has 492 valence electrons. The molecule has 6 saturated heterocycles. The number of anilines is 5. The van der Waals surface area contributed by atoms with Crippen LogP contribution in [0.4, 0.5) is 50.4 Å². The first kappa shape index (κ1) is 73.0. The Balaban J connectivity index is 0.000000163. The third-order valence-electron chi connectivity index (χ3n) is 18.3. The highest BCUT2D eigenvalue weighted by Gasteiger charge is 2.54. The minimum absolute atomic E-state index is 0.145. The third kappa shape index (κ3) is 18.1. The van der Waals surface area contributed by atoms with Gasteiger partial charge in [-0.15, -0.1) is 0 Å². The van der Waals surface area contributed by atoms with Gasteiger partial charge in [-0.1, -0.05) is 50.1 Å². The highest BCUT2D eigenvalue weighted by Crippen LogP contribution is 2.39. The number of ether oxygens (including phenoxy) is 1. The quantitative estimate of drug-likeness (QED) is 0.109. The van der Waals surface area contributed by atoms with Crippen molar-refractivity contribution in [3.63, 3.8) is 0 Å². The van der Waals surface area contributed by atoms with Gasteiger partial charge in [0, 0.05) is 103 Å². The predicted molar refractivity (Wildman–Crippen MR) is 366 cm³/mol. The lowest BCUT2D eigenvalue weighted by Crippen LogP contribution is -2.45. The zero-order chi connectivity index (χ0) is 66.5. The summed E-state index contributed by atoms with van der Waals surface area (Å²) in [6, 6.07) is 25.9. The van der Waals surface area contributed by atoms with E-state index in [2.05, 4.69) is 65.6 Å². The Labute approximate surface area is 550 Å². The molecule has 14 nitrogen and oxygen atoms in total. The number of rotatable bonds is 8. The lowest BCUT2D eigenvalue weighted by molar-refractivity contribution is 0.00578. The van der Waals surface area contributed by atoms with Crippen LogP contribution >= 0.6 is 31.9 Å². The average molecular weight is 1380 g/mol. The zero-order valence-electron chi connectivity index (χ0n) is 56.0. The van der Waals surface area contributed by atoms with Crippen LogP contribution in [0.15, 0.2) is 99.9 Å². The second-order valence-electron chi connectivity index (χ2n) is 27.1. The summed E-state index contributed by atoms with van der Waals surface area (Å²) in [4.78, 5) is 14.2. The summed E-state index contributed by atoms with van der Waals surface area (Å²) < 4.78 is 112. The average Bonchev–Trinajstić information content (AvgIpc) is 1.87. The van der Waals surface area contributed by atoms with Gasteiger partial charge in [-0.05, 0) is 186 Å². The van der Waals surface area contributed by atoms with E-state index in [0.29, 0.717) is 65.7 Å². The molecule has 5 aromatic rings. The maximum absolute atomic E-state index is 14.6. The summed E-state index contributed by atoms with van der Waals surface area (Å²) in [7, 11) is 9.87. The van der Waals surface area contributed by atoms with Gasteiger partial charge in [0.15, 0.2) is 0 Å². The summed E-state index contributed by atoms with van der Waals surface area (Å²) in [5.74, 6) is -1.06. The van der Waals surface area contributed by atoms with E-state index < -0.39 is 55.0 Å². The van der Waals surface area contributed by atoms with Crippen LogP contribution in [0, 0.1) is 29.1 Å². The maximum Gasteiger partial charge on any atom is 0.494 e. The summed E-state index contributed by atoms with van der Waals surface area (Å²) in [5, 5.41) is 0. The van der Waals surface area contributed by atoms with E-state index in [1.807, 2.05) is 159 Å². The van der Waals surface area contributed by atoms with Crippen molar-refractivity contribution >= 4 is 98.0 Å². The Morgan fingerprint density at radius 1 is 0.356 bits per heavy atom. The number of nitrogens with zero attached hydrogens (tertiary/aromatic N) is 7. The number of hydrogen-bond donors (Lipinski definition) is 0. The van der Waals surface area contributed by atoms with Crippen LogP contribution in [0.2, 0.25) is 0 Å². The Bertz CT molecular complexity index is 3160. The highest BCUT2D eigenvalue weighted by atomic mass is 79.9. The largest absolute Gasteiger partial charge is 0.494 e. The normalized spacial score (nSPS) is 20.6.